The molecule has 1 aliphatic carbocycles. The summed E-state index contributed by atoms with van der Waals surface area (Å²) in [6.45, 7) is 1.92. The van der Waals surface area contributed by atoms with Gasteiger partial charge in [0.15, 0.2) is 0 Å². The van der Waals surface area contributed by atoms with Gasteiger partial charge in [0.1, 0.15) is 0 Å². The average molecular weight is 199 g/mol. The highest BCUT2D eigenvalue weighted by Gasteiger charge is 2.28. The molecule has 0 aromatic heterocycles. The first-order chi connectivity index (χ1) is 6.59. The quantitative estimate of drug-likeness (QED) is 0.529. The number of amides is 2. The Morgan fingerprint density at radius 3 is 2.57 bits per heavy atom. The van der Waals surface area contributed by atoms with Crippen LogP contribution >= 0.6 is 0 Å². The number of hydrogen-bond acceptors (Lipinski definition) is 3. The van der Waals surface area contributed by atoms with Gasteiger partial charge in [-0.15, -0.1) is 0 Å². The molecule has 0 aliphatic heterocycles. The van der Waals surface area contributed by atoms with Gasteiger partial charge >= 0.3 is 0 Å². The van der Waals surface area contributed by atoms with E-state index in [9.17, 15) is 9.59 Å². The van der Waals surface area contributed by atoms with Crippen molar-refractivity contribution in [2.75, 3.05) is 13.1 Å². The van der Waals surface area contributed by atoms with Gasteiger partial charge in [-0.1, -0.05) is 0 Å². The Balaban J connectivity index is 2.04. The number of nitrogens with two attached hydrogens (primary N) is 1. The molecule has 1 fully saturated rings. The minimum absolute atomic E-state index is 0.0344. The fourth-order valence-corrected chi connectivity index (χ4v) is 1.19. The molecular weight excluding hydrogens is 182 g/mol. The average Bonchev–Trinajstić information content (AvgIpc) is 2.93. The first kappa shape index (κ1) is 11.0. The summed E-state index contributed by atoms with van der Waals surface area (Å²) in [6.07, 6.45) is 2.34. The first-order valence-corrected chi connectivity index (χ1v) is 4.86. The van der Waals surface area contributed by atoms with Gasteiger partial charge in [-0.3, -0.25) is 9.59 Å². The van der Waals surface area contributed by atoms with Crippen LogP contribution in [-0.2, 0) is 9.59 Å². The standard InChI is InChI=1S/C9H17N3O2/c1-6(13)11-5-9(14)12-4-8(10)7-2-3-7/h7-8H,2-5,10H2,1H3,(H,11,13)(H,12,14). The van der Waals surface area contributed by atoms with Crippen LogP contribution in [0.25, 0.3) is 0 Å². The predicted molar refractivity (Wildman–Crippen MR) is 52.4 cm³/mol. The van der Waals surface area contributed by atoms with Crippen LogP contribution in [0.3, 0.4) is 0 Å². The van der Waals surface area contributed by atoms with Crippen molar-refractivity contribution in [3.05, 3.63) is 0 Å². The SMILES string of the molecule is CC(=O)NCC(=O)NCC(N)C1CC1. The van der Waals surface area contributed by atoms with Gasteiger partial charge in [-0.2, -0.15) is 0 Å². The smallest absolute Gasteiger partial charge is 0.239 e. The maximum absolute atomic E-state index is 11.1. The molecule has 0 aromatic rings. The van der Waals surface area contributed by atoms with Crippen LogP contribution in [0.15, 0.2) is 0 Å². The molecule has 5 nitrogen and oxygen atoms in total. The Morgan fingerprint density at radius 2 is 2.07 bits per heavy atom. The molecule has 4 N–H and O–H groups in total. The van der Waals surface area contributed by atoms with Gasteiger partial charge in [0.05, 0.1) is 6.54 Å². The summed E-state index contributed by atoms with van der Waals surface area (Å²) in [6, 6.07) is 0.0660. The van der Waals surface area contributed by atoms with Crippen molar-refractivity contribution >= 4 is 11.8 Å². The Morgan fingerprint density at radius 1 is 1.43 bits per heavy atom. The second-order valence-electron chi connectivity index (χ2n) is 3.72. The highest BCUT2D eigenvalue weighted by molar-refractivity contribution is 5.83. The molecule has 14 heavy (non-hydrogen) atoms. The molecular formula is C9H17N3O2. The summed E-state index contributed by atoms with van der Waals surface area (Å²) in [5.41, 5.74) is 5.78. The summed E-state index contributed by atoms with van der Waals surface area (Å²) in [7, 11) is 0. The number of carbonyl (C=O) groups is 2. The molecule has 0 radical (unpaired) electrons. The summed E-state index contributed by atoms with van der Waals surface area (Å²) in [5.74, 6) is 0.194. The molecule has 0 aromatic carbocycles. The highest BCUT2D eigenvalue weighted by Crippen LogP contribution is 2.31. The first-order valence-electron chi connectivity index (χ1n) is 4.86. The van der Waals surface area contributed by atoms with E-state index in [1.807, 2.05) is 0 Å². The minimum atomic E-state index is -0.202. The minimum Gasteiger partial charge on any atom is -0.353 e. The van der Waals surface area contributed by atoms with E-state index < -0.39 is 0 Å². The summed E-state index contributed by atoms with van der Waals surface area (Å²) < 4.78 is 0. The second kappa shape index (κ2) is 4.95. The van der Waals surface area contributed by atoms with Gasteiger partial charge in [0.25, 0.3) is 0 Å². The van der Waals surface area contributed by atoms with Crippen molar-refractivity contribution in [2.45, 2.75) is 25.8 Å². The van der Waals surface area contributed by atoms with Crippen LogP contribution in [0.2, 0.25) is 0 Å². The van der Waals surface area contributed by atoms with Crippen LogP contribution in [0.4, 0.5) is 0 Å². The Labute approximate surface area is 83.4 Å². The van der Waals surface area contributed by atoms with Crippen molar-refractivity contribution in [2.24, 2.45) is 11.7 Å². The van der Waals surface area contributed by atoms with Gasteiger partial charge < -0.3 is 16.4 Å². The molecule has 0 saturated heterocycles. The van der Waals surface area contributed by atoms with Crippen LogP contribution in [0.1, 0.15) is 19.8 Å². The fourth-order valence-electron chi connectivity index (χ4n) is 1.19. The molecule has 1 aliphatic rings. The number of nitrogens with one attached hydrogen (secondary N) is 2. The molecule has 5 heteroatoms. The Bertz CT molecular complexity index is 226. The molecule has 0 heterocycles. The van der Waals surface area contributed by atoms with Crippen LogP contribution in [-0.4, -0.2) is 30.9 Å². The molecule has 80 valence electrons. The summed E-state index contributed by atoms with van der Waals surface area (Å²) >= 11 is 0. The van der Waals surface area contributed by atoms with E-state index in [1.54, 1.807) is 0 Å². The lowest BCUT2D eigenvalue weighted by Gasteiger charge is -2.11. The monoisotopic (exact) mass is 199 g/mol. The van der Waals surface area contributed by atoms with Crippen LogP contribution in [0.5, 0.6) is 0 Å². The topological polar surface area (TPSA) is 84.2 Å². The van der Waals surface area contributed by atoms with E-state index >= 15 is 0 Å². The van der Waals surface area contributed by atoms with Gasteiger partial charge in [0.2, 0.25) is 11.8 Å². The largest absolute Gasteiger partial charge is 0.353 e. The normalized spacial score (nSPS) is 17.3. The van der Waals surface area contributed by atoms with Gasteiger partial charge in [0, 0.05) is 19.5 Å². The lowest BCUT2D eigenvalue weighted by atomic mass is 10.2. The molecule has 0 spiro atoms. The van der Waals surface area contributed by atoms with E-state index in [-0.39, 0.29) is 24.4 Å². The molecule has 1 unspecified atom stereocenters. The van der Waals surface area contributed by atoms with Crippen molar-refractivity contribution in [1.82, 2.24) is 10.6 Å². The fraction of sp³-hybridized carbons (Fsp3) is 0.778. The third kappa shape index (κ3) is 4.23. The third-order valence-corrected chi connectivity index (χ3v) is 2.26. The molecule has 0 bridgehead atoms. The lowest BCUT2D eigenvalue weighted by Crippen LogP contribution is -2.42. The second-order valence-corrected chi connectivity index (χ2v) is 3.72. The Kier molecular flexibility index (Phi) is 3.88. The van der Waals surface area contributed by atoms with E-state index in [0.717, 1.165) is 0 Å². The zero-order chi connectivity index (χ0) is 10.6. The number of rotatable bonds is 5. The zero-order valence-electron chi connectivity index (χ0n) is 8.38. The van der Waals surface area contributed by atoms with Gasteiger partial charge in [-0.25, -0.2) is 0 Å². The van der Waals surface area contributed by atoms with Crippen molar-refractivity contribution in [1.29, 1.82) is 0 Å². The molecule has 1 atom stereocenters. The predicted octanol–water partition coefficient (Wildman–Crippen LogP) is -1.02. The zero-order valence-corrected chi connectivity index (χ0v) is 8.38. The van der Waals surface area contributed by atoms with Crippen molar-refractivity contribution < 1.29 is 9.59 Å². The molecule has 1 rings (SSSR count). The number of hydrogen-bond donors (Lipinski definition) is 3. The maximum atomic E-state index is 11.1. The van der Waals surface area contributed by atoms with Gasteiger partial charge in [-0.05, 0) is 18.8 Å². The van der Waals surface area contributed by atoms with Crippen molar-refractivity contribution in [3.8, 4) is 0 Å². The lowest BCUT2D eigenvalue weighted by molar-refractivity contribution is -0.125. The van der Waals surface area contributed by atoms with E-state index in [4.69, 9.17) is 5.73 Å². The van der Waals surface area contributed by atoms with E-state index in [1.165, 1.54) is 19.8 Å². The van der Waals surface area contributed by atoms with E-state index in [0.29, 0.717) is 12.5 Å². The third-order valence-electron chi connectivity index (χ3n) is 2.26. The Hall–Kier alpha value is -1.10. The van der Waals surface area contributed by atoms with Crippen LogP contribution < -0.4 is 16.4 Å². The number of carbonyl (C=O) groups excluding carboxylic acids is 2. The van der Waals surface area contributed by atoms with E-state index in [2.05, 4.69) is 10.6 Å². The molecule has 2 amide bonds. The maximum Gasteiger partial charge on any atom is 0.239 e. The summed E-state index contributed by atoms with van der Waals surface area (Å²) in [5, 5.41) is 5.10. The van der Waals surface area contributed by atoms with Crippen LogP contribution in [0, 0.1) is 5.92 Å². The van der Waals surface area contributed by atoms with Crippen molar-refractivity contribution in [3.63, 3.8) is 0 Å². The summed E-state index contributed by atoms with van der Waals surface area (Å²) in [4.78, 5) is 21.6. The molecule has 1 saturated carbocycles. The highest BCUT2D eigenvalue weighted by atomic mass is 16.2.